The van der Waals surface area contributed by atoms with E-state index in [4.69, 9.17) is 13.6 Å². The highest BCUT2D eigenvalue weighted by molar-refractivity contribution is 6.74. The third-order valence-electron chi connectivity index (χ3n) is 4.38. The van der Waals surface area contributed by atoms with Crippen LogP contribution in [0.15, 0.2) is 0 Å². The van der Waals surface area contributed by atoms with E-state index in [1.165, 1.54) is 0 Å². The summed E-state index contributed by atoms with van der Waals surface area (Å²) in [6.07, 6.45) is -0.580. The Morgan fingerprint density at radius 2 is 1.57 bits per heavy atom. The first-order valence-corrected chi connectivity index (χ1v) is 14.2. The van der Waals surface area contributed by atoms with E-state index in [-0.39, 0.29) is 23.4 Å². The minimum Gasteiger partial charge on any atom is -0.412 e. The molecule has 1 heterocycles. The average molecular weight is 335 g/mol. The van der Waals surface area contributed by atoms with E-state index in [0.717, 1.165) is 0 Å². The summed E-state index contributed by atoms with van der Waals surface area (Å²) < 4.78 is 18.4. The minimum atomic E-state index is -1.90. The maximum absolute atomic E-state index is 9.89. The number of rotatable bonds is 4. The SMILES string of the molecule is C[C@@H]1O[C@H](O)C[C@@H](O[Si](C)(C)C)[C@H]1O[Si](C)(C)C(C)(C)C. The lowest BCUT2D eigenvalue weighted by molar-refractivity contribution is -0.219. The van der Waals surface area contributed by atoms with E-state index in [9.17, 15) is 5.11 Å². The van der Waals surface area contributed by atoms with E-state index < -0.39 is 22.9 Å². The number of hydrogen-bond acceptors (Lipinski definition) is 4. The summed E-state index contributed by atoms with van der Waals surface area (Å²) in [4.78, 5) is 0. The van der Waals surface area contributed by atoms with Crippen LogP contribution in [-0.4, -0.2) is 46.3 Å². The molecule has 0 amide bonds. The van der Waals surface area contributed by atoms with Crippen LogP contribution in [0.1, 0.15) is 34.1 Å². The lowest BCUT2D eigenvalue weighted by Gasteiger charge is -2.47. The number of hydrogen-bond donors (Lipinski definition) is 1. The zero-order valence-electron chi connectivity index (χ0n) is 15.2. The van der Waals surface area contributed by atoms with Crippen molar-refractivity contribution >= 4 is 16.6 Å². The second-order valence-corrected chi connectivity index (χ2v) is 17.9. The van der Waals surface area contributed by atoms with Gasteiger partial charge in [0.1, 0.15) is 0 Å². The number of aliphatic hydroxyl groups is 1. The van der Waals surface area contributed by atoms with Gasteiger partial charge in [0.15, 0.2) is 22.9 Å². The van der Waals surface area contributed by atoms with E-state index in [1.807, 2.05) is 6.92 Å². The lowest BCUT2D eigenvalue weighted by atomic mass is 10.0. The zero-order valence-corrected chi connectivity index (χ0v) is 17.2. The van der Waals surface area contributed by atoms with E-state index in [2.05, 4.69) is 53.5 Å². The summed E-state index contributed by atoms with van der Waals surface area (Å²) in [5.74, 6) is 0. The van der Waals surface area contributed by atoms with Crippen molar-refractivity contribution < 1.29 is 18.7 Å². The first-order valence-electron chi connectivity index (χ1n) is 7.92. The molecule has 0 saturated carbocycles. The van der Waals surface area contributed by atoms with Crippen molar-refractivity contribution in [3.05, 3.63) is 0 Å². The Morgan fingerprint density at radius 1 is 1.05 bits per heavy atom. The molecule has 21 heavy (non-hydrogen) atoms. The average Bonchev–Trinajstić information content (AvgIpc) is 2.19. The van der Waals surface area contributed by atoms with Gasteiger partial charge in [0, 0.05) is 6.42 Å². The van der Waals surface area contributed by atoms with Gasteiger partial charge in [-0.1, -0.05) is 20.8 Å². The molecule has 0 unspecified atom stereocenters. The molecule has 0 bridgehead atoms. The molecule has 0 radical (unpaired) electrons. The van der Waals surface area contributed by atoms with Crippen molar-refractivity contribution in [3.63, 3.8) is 0 Å². The molecule has 0 aromatic carbocycles. The van der Waals surface area contributed by atoms with Crippen molar-refractivity contribution in [2.45, 2.75) is 96.5 Å². The smallest absolute Gasteiger partial charge is 0.192 e. The molecule has 4 atom stereocenters. The Bertz CT molecular complexity index is 347. The largest absolute Gasteiger partial charge is 0.412 e. The monoisotopic (exact) mass is 334 g/mol. The standard InChI is InChI=1S/C15H34O4Si2/c1-11-14(19-21(8,9)15(2,3)4)12(10-13(16)17-11)18-20(5,6)7/h11-14,16H,10H2,1-9H3/t11-,12+,13-,14-/m0/s1. The maximum Gasteiger partial charge on any atom is 0.192 e. The van der Waals surface area contributed by atoms with Crippen LogP contribution in [0.4, 0.5) is 0 Å². The Kier molecular flexibility index (Phi) is 5.90. The van der Waals surface area contributed by atoms with Crippen molar-refractivity contribution in [1.29, 1.82) is 0 Å². The van der Waals surface area contributed by atoms with Gasteiger partial charge < -0.3 is 18.7 Å². The molecule has 1 fully saturated rings. The predicted octanol–water partition coefficient (Wildman–Crippen LogP) is 3.72. The molecule has 1 N–H and O–H groups in total. The minimum absolute atomic E-state index is 0.0791. The fourth-order valence-corrected chi connectivity index (χ4v) is 4.79. The molecule has 4 nitrogen and oxygen atoms in total. The van der Waals surface area contributed by atoms with Crippen molar-refractivity contribution in [3.8, 4) is 0 Å². The molecule has 1 rings (SSSR count). The Balaban J connectivity index is 2.93. The molecule has 0 aromatic rings. The number of ether oxygens (including phenoxy) is 1. The van der Waals surface area contributed by atoms with Crippen LogP contribution in [0.3, 0.4) is 0 Å². The van der Waals surface area contributed by atoms with Crippen LogP contribution in [0, 0.1) is 0 Å². The molecule has 1 aliphatic heterocycles. The van der Waals surface area contributed by atoms with Crippen molar-refractivity contribution in [1.82, 2.24) is 0 Å². The highest BCUT2D eigenvalue weighted by Crippen LogP contribution is 2.39. The maximum atomic E-state index is 9.89. The normalized spacial score (nSPS) is 32.3. The summed E-state index contributed by atoms with van der Waals surface area (Å²) in [5, 5.41) is 10.0. The fraction of sp³-hybridized carbons (Fsp3) is 1.00. The van der Waals surface area contributed by atoms with Crippen LogP contribution >= 0.6 is 0 Å². The van der Waals surface area contributed by atoms with E-state index >= 15 is 0 Å². The summed E-state index contributed by atoms with van der Waals surface area (Å²) in [7, 11) is -3.60. The third-order valence-corrected chi connectivity index (χ3v) is 9.86. The molecular weight excluding hydrogens is 300 g/mol. The summed E-state index contributed by atoms with van der Waals surface area (Å²) in [6.45, 7) is 19.7. The molecule has 0 spiro atoms. The topological polar surface area (TPSA) is 47.9 Å². The first kappa shape index (κ1) is 19.3. The van der Waals surface area contributed by atoms with Gasteiger partial charge in [-0.25, -0.2) is 0 Å². The van der Waals surface area contributed by atoms with Crippen LogP contribution in [0.2, 0.25) is 37.8 Å². The molecule has 0 aromatic heterocycles. The van der Waals surface area contributed by atoms with Crippen LogP contribution < -0.4 is 0 Å². The van der Waals surface area contributed by atoms with Crippen LogP contribution in [0.25, 0.3) is 0 Å². The quantitative estimate of drug-likeness (QED) is 0.796. The lowest BCUT2D eigenvalue weighted by Crippen LogP contribution is -2.57. The van der Waals surface area contributed by atoms with Crippen molar-refractivity contribution in [2.75, 3.05) is 0 Å². The Morgan fingerprint density at radius 3 is 2.00 bits per heavy atom. The second-order valence-electron chi connectivity index (χ2n) is 8.64. The summed E-state index contributed by atoms with van der Waals surface area (Å²) in [5.41, 5.74) is 0. The van der Waals surface area contributed by atoms with Gasteiger partial charge in [-0.05, 0) is 44.7 Å². The molecule has 126 valence electrons. The van der Waals surface area contributed by atoms with Gasteiger partial charge in [-0.2, -0.15) is 0 Å². The van der Waals surface area contributed by atoms with Gasteiger partial charge in [0.25, 0.3) is 0 Å². The zero-order chi connectivity index (χ0) is 16.6. The highest BCUT2D eigenvalue weighted by atomic mass is 28.4. The van der Waals surface area contributed by atoms with Gasteiger partial charge in [0.2, 0.25) is 0 Å². The molecular formula is C15H34O4Si2. The third kappa shape index (κ3) is 5.44. The predicted molar refractivity (Wildman–Crippen MR) is 91.5 cm³/mol. The van der Waals surface area contributed by atoms with E-state index in [1.54, 1.807) is 0 Å². The molecule has 1 aliphatic rings. The Labute approximate surface area is 132 Å². The fourth-order valence-electron chi connectivity index (χ4n) is 2.27. The second kappa shape index (κ2) is 6.41. The Hall–Kier alpha value is 0.274. The molecule has 0 aliphatic carbocycles. The highest BCUT2D eigenvalue weighted by Gasteiger charge is 2.46. The van der Waals surface area contributed by atoms with Crippen LogP contribution in [-0.2, 0) is 13.6 Å². The number of aliphatic hydroxyl groups excluding tert-OH is 1. The first-order chi connectivity index (χ1) is 9.23. The van der Waals surface area contributed by atoms with Gasteiger partial charge in [-0.3, -0.25) is 0 Å². The van der Waals surface area contributed by atoms with Crippen LogP contribution in [0.5, 0.6) is 0 Å². The van der Waals surface area contributed by atoms with E-state index in [0.29, 0.717) is 6.42 Å². The molecule has 6 heteroatoms. The molecule has 1 saturated heterocycles. The van der Waals surface area contributed by atoms with Gasteiger partial charge >= 0.3 is 0 Å². The van der Waals surface area contributed by atoms with Gasteiger partial charge in [0.05, 0.1) is 18.3 Å². The van der Waals surface area contributed by atoms with Gasteiger partial charge in [-0.15, -0.1) is 0 Å². The van der Waals surface area contributed by atoms with Crippen molar-refractivity contribution in [2.24, 2.45) is 0 Å². The summed E-state index contributed by atoms with van der Waals surface area (Å²) >= 11 is 0. The summed E-state index contributed by atoms with van der Waals surface area (Å²) in [6, 6.07) is 0.